The van der Waals surface area contributed by atoms with Crippen molar-refractivity contribution in [2.45, 2.75) is 38.1 Å². The summed E-state index contributed by atoms with van der Waals surface area (Å²) in [5, 5.41) is 14.7. The van der Waals surface area contributed by atoms with Crippen LogP contribution >= 0.6 is 0 Å². The molecular formula is C20H20N4O2. The van der Waals surface area contributed by atoms with Crippen LogP contribution < -0.4 is 5.32 Å². The fraction of sp³-hybridized carbons (Fsp3) is 0.300. The molecule has 0 atom stereocenters. The van der Waals surface area contributed by atoms with Gasteiger partial charge in [-0.1, -0.05) is 43.5 Å². The Hall–Kier alpha value is -3.02. The van der Waals surface area contributed by atoms with E-state index in [2.05, 4.69) is 5.32 Å². The lowest BCUT2D eigenvalue weighted by Crippen LogP contribution is -2.23. The fourth-order valence-corrected chi connectivity index (χ4v) is 3.51. The molecule has 1 saturated carbocycles. The minimum atomic E-state index is -0.383. The van der Waals surface area contributed by atoms with Crippen molar-refractivity contribution in [1.82, 2.24) is 9.97 Å². The number of aromatic nitrogens is 2. The van der Waals surface area contributed by atoms with Crippen molar-refractivity contribution >= 4 is 22.5 Å². The summed E-state index contributed by atoms with van der Waals surface area (Å²) in [6.07, 6.45) is 5.93. The predicted molar refractivity (Wildman–Crippen MR) is 102 cm³/mol. The summed E-state index contributed by atoms with van der Waals surface area (Å²) < 4.78 is 0. The number of nitrogens with zero attached hydrogens (tertiary/aromatic N) is 3. The van der Waals surface area contributed by atoms with Crippen molar-refractivity contribution in [1.29, 1.82) is 0 Å². The molecule has 2 aromatic carbocycles. The number of rotatable bonds is 4. The van der Waals surface area contributed by atoms with Crippen molar-refractivity contribution < 1.29 is 4.92 Å². The Kier molecular flexibility index (Phi) is 4.48. The molecule has 6 heteroatoms. The maximum absolute atomic E-state index is 11.2. The molecule has 0 aliphatic heterocycles. The van der Waals surface area contributed by atoms with Gasteiger partial charge < -0.3 is 5.32 Å². The highest BCUT2D eigenvalue weighted by atomic mass is 16.6. The Bertz CT molecular complexity index is 951. The molecule has 1 fully saturated rings. The summed E-state index contributed by atoms with van der Waals surface area (Å²) in [4.78, 5) is 20.3. The minimum absolute atomic E-state index is 0.0566. The first-order valence-electron chi connectivity index (χ1n) is 8.99. The first-order valence-corrected chi connectivity index (χ1v) is 8.99. The van der Waals surface area contributed by atoms with Crippen molar-refractivity contribution in [3.05, 3.63) is 58.6 Å². The molecule has 4 rings (SSSR count). The summed E-state index contributed by atoms with van der Waals surface area (Å²) in [5.41, 5.74) is 3.03. The number of nitrogens with one attached hydrogen (secondary N) is 1. The molecule has 0 spiro atoms. The Morgan fingerprint density at radius 2 is 1.69 bits per heavy atom. The minimum Gasteiger partial charge on any atom is -0.366 e. The van der Waals surface area contributed by atoms with Gasteiger partial charge in [-0.15, -0.1) is 0 Å². The average molecular weight is 348 g/mol. The highest BCUT2D eigenvalue weighted by Gasteiger charge is 2.19. The molecule has 3 aromatic rings. The second-order valence-electron chi connectivity index (χ2n) is 6.70. The quantitative estimate of drug-likeness (QED) is 0.533. The number of hydrogen-bond donors (Lipinski definition) is 1. The van der Waals surface area contributed by atoms with Crippen LogP contribution in [0.15, 0.2) is 48.5 Å². The van der Waals surface area contributed by atoms with E-state index in [0.29, 0.717) is 23.1 Å². The van der Waals surface area contributed by atoms with Gasteiger partial charge in [-0.25, -0.2) is 9.97 Å². The van der Waals surface area contributed by atoms with Crippen LogP contribution in [0.4, 0.5) is 11.5 Å². The number of para-hydroxylation sites is 2. The molecule has 0 amide bonds. The van der Waals surface area contributed by atoms with Crippen LogP contribution in [0.25, 0.3) is 22.3 Å². The van der Waals surface area contributed by atoms with Crippen molar-refractivity contribution in [3.8, 4) is 11.3 Å². The standard InChI is InChI=1S/C20H20N4O2/c25-24(26)16-10-6-7-14(13-16)19-20(21-15-8-2-1-3-9-15)23-18-12-5-4-11-17(18)22-19/h4-7,10-13,15H,1-3,8-9H2,(H,21,23). The Morgan fingerprint density at radius 3 is 2.42 bits per heavy atom. The van der Waals surface area contributed by atoms with Crippen LogP contribution in [0, 0.1) is 10.1 Å². The molecule has 26 heavy (non-hydrogen) atoms. The SMILES string of the molecule is O=[N+]([O-])c1cccc(-c2nc3ccccc3nc2NC2CCCCC2)c1. The molecule has 0 bridgehead atoms. The van der Waals surface area contributed by atoms with Gasteiger partial charge in [0.15, 0.2) is 5.82 Å². The normalized spacial score (nSPS) is 15.1. The predicted octanol–water partition coefficient (Wildman–Crippen LogP) is 4.95. The van der Waals surface area contributed by atoms with Gasteiger partial charge in [0.05, 0.1) is 16.0 Å². The highest BCUT2D eigenvalue weighted by Crippen LogP contribution is 2.31. The van der Waals surface area contributed by atoms with Gasteiger partial charge in [0.2, 0.25) is 0 Å². The summed E-state index contributed by atoms with van der Waals surface area (Å²) in [6.45, 7) is 0. The summed E-state index contributed by atoms with van der Waals surface area (Å²) >= 11 is 0. The monoisotopic (exact) mass is 348 g/mol. The molecule has 132 valence electrons. The lowest BCUT2D eigenvalue weighted by atomic mass is 9.95. The maximum Gasteiger partial charge on any atom is 0.270 e. The van der Waals surface area contributed by atoms with Gasteiger partial charge in [0.25, 0.3) is 5.69 Å². The fourth-order valence-electron chi connectivity index (χ4n) is 3.51. The van der Waals surface area contributed by atoms with Crippen molar-refractivity contribution in [2.75, 3.05) is 5.32 Å². The third kappa shape index (κ3) is 3.35. The van der Waals surface area contributed by atoms with Crippen LogP contribution in [0.3, 0.4) is 0 Å². The lowest BCUT2D eigenvalue weighted by molar-refractivity contribution is -0.384. The molecule has 1 aliphatic rings. The van der Waals surface area contributed by atoms with E-state index in [4.69, 9.17) is 9.97 Å². The summed E-state index contributed by atoms with van der Waals surface area (Å²) in [7, 11) is 0. The van der Waals surface area contributed by atoms with E-state index in [0.717, 1.165) is 23.9 Å². The van der Waals surface area contributed by atoms with E-state index < -0.39 is 0 Å². The van der Waals surface area contributed by atoms with Crippen LogP contribution in [-0.4, -0.2) is 20.9 Å². The zero-order valence-corrected chi connectivity index (χ0v) is 14.4. The van der Waals surface area contributed by atoms with Gasteiger partial charge >= 0.3 is 0 Å². The van der Waals surface area contributed by atoms with E-state index in [-0.39, 0.29) is 10.6 Å². The molecule has 0 radical (unpaired) electrons. The number of benzene rings is 2. The molecule has 1 aliphatic carbocycles. The van der Waals surface area contributed by atoms with E-state index in [1.165, 1.54) is 25.3 Å². The van der Waals surface area contributed by atoms with Gasteiger partial charge in [0.1, 0.15) is 5.69 Å². The van der Waals surface area contributed by atoms with Crippen LogP contribution in [0.1, 0.15) is 32.1 Å². The summed E-state index contributed by atoms with van der Waals surface area (Å²) in [5.74, 6) is 0.705. The molecular weight excluding hydrogens is 328 g/mol. The molecule has 6 nitrogen and oxygen atoms in total. The third-order valence-electron chi connectivity index (χ3n) is 4.85. The summed E-state index contributed by atoms with van der Waals surface area (Å²) in [6, 6.07) is 14.7. The Balaban J connectivity index is 1.81. The van der Waals surface area contributed by atoms with Gasteiger partial charge in [0, 0.05) is 23.7 Å². The molecule has 0 unspecified atom stereocenters. The van der Waals surface area contributed by atoms with E-state index in [1.54, 1.807) is 12.1 Å². The third-order valence-corrected chi connectivity index (χ3v) is 4.85. The number of nitro benzene ring substituents is 1. The van der Waals surface area contributed by atoms with Gasteiger partial charge in [-0.3, -0.25) is 10.1 Å². The Morgan fingerprint density at radius 1 is 0.962 bits per heavy atom. The number of fused-ring (bicyclic) bond motifs is 1. The second-order valence-corrected chi connectivity index (χ2v) is 6.70. The number of anilines is 1. The topological polar surface area (TPSA) is 81.0 Å². The number of non-ortho nitro benzene ring substituents is 1. The molecule has 1 N–H and O–H groups in total. The first kappa shape index (κ1) is 16.4. The van der Waals surface area contributed by atoms with Crippen LogP contribution in [0.5, 0.6) is 0 Å². The largest absolute Gasteiger partial charge is 0.366 e. The van der Waals surface area contributed by atoms with E-state index >= 15 is 0 Å². The van der Waals surface area contributed by atoms with Gasteiger partial charge in [-0.05, 0) is 25.0 Å². The zero-order valence-electron chi connectivity index (χ0n) is 14.4. The lowest BCUT2D eigenvalue weighted by Gasteiger charge is -2.24. The smallest absolute Gasteiger partial charge is 0.270 e. The Labute approximate surface area is 151 Å². The van der Waals surface area contributed by atoms with Crippen molar-refractivity contribution in [3.63, 3.8) is 0 Å². The first-order chi connectivity index (χ1) is 12.7. The van der Waals surface area contributed by atoms with Gasteiger partial charge in [-0.2, -0.15) is 0 Å². The average Bonchev–Trinajstić information content (AvgIpc) is 2.68. The van der Waals surface area contributed by atoms with E-state index in [9.17, 15) is 10.1 Å². The zero-order chi connectivity index (χ0) is 17.9. The van der Waals surface area contributed by atoms with E-state index in [1.807, 2.05) is 30.3 Å². The molecule has 1 heterocycles. The second kappa shape index (κ2) is 7.07. The molecule has 0 saturated heterocycles. The molecule has 1 aromatic heterocycles. The highest BCUT2D eigenvalue weighted by molar-refractivity contribution is 5.83. The number of nitro groups is 1. The number of hydrogen-bond acceptors (Lipinski definition) is 5. The maximum atomic E-state index is 11.2. The van der Waals surface area contributed by atoms with Crippen molar-refractivity contribution in [2.24, 2.45) is 0 Å². The van der Waals surface area contributed by atoms with Crippen LogP contribution in [0.2, 0.25) is 0 Å². The van der Waals surface area contributed by atoms with Crippen LogP contribution in [-0.2, 0) is 0 Å².